The van der Waals surface area contributed by atoms with Crippen LogP contribution >= 0.6 is 0 Å². The van der Waals surface area contributed by atoms with Gasteiger partial charge in [0.1, 0.15) is 22.8 Å². The fourth-order valence-electron chi connectivity index (χ4n) is 5.34. The van der Waals surface area contributed by atoms with Gasteiger partial charge in [-0.3, -0.25) is 4.79 Å². The number of ether oxygens (including phenoxy) is 1. The van der Waals surface area contributed by atoms with Crippen LogP contribution in [-0.2, 0) is 5.41 Å². The van der Waals surface area contributed by atoms with E-state index in [-0.39, 0.29) is 45.5 Å². The number of nitrogens with one attached hydrogen (secondary N) is 1. The van der Waals surface area contributed by atoms with Gasteiger partial charge < -0.3 is 20.1 Å². The molecule has 0 bridgehead atoms. The van der Waals surface area contributed by atoms with Gasteiger partial charge in [-0.15, -0.1) is 0 Å². The Labute approximate surface area is 215 Å². The van der Waals surface area contributed by atoms with E-state index in [1.807, 2.05) is 6.07 Å². The topological polar surface area (TPSA) is 109 Å². The van der Waals surface area contributed by atoms with Crippen LogP contribution in [0.4, 0.5) is 20.3 Å². The average Bonchev–Trinajstić information content (AvgIpc) is 3.49. The molecule has 1 saturated heterocycles. The number of benzene rings is 2. The molecule has 11 heteroatoms. The van der Waals surface area contributed by atoms with Gasteiger partial charge in [0, 0.05) is 36.0 Å². The molecule has 2 aromatic carbocycles. The Kier molecular flexibility index (Phi) is 5.51. The predicted octanol–water partition coefficient (Wildman–Crippen LogP) is 4.32. The number of nitrogens with zero attached hydrogens (tertiary/aromatic N) is 4. The van der Waals surface area contributed by atoms with Gasteiger partial charge >= 0.3 is 5.97 Å². The van der Waals surface area contributed by atoms with Crippen molar-refractivity contribution < 1.29 is 28.2 Å². The summed E-state index contributed by atoms with van der Waals surface area (Å²) in [5, 5.41) is 16.9. The molecule has 1 spiro atoms. The molecule has 0 radical (unpaired) electrons. The number of anilines is 2. The van der Waals surface area contributed by atoms with Crippen LogP contribution in [0, 0.1) is 18.6 Å². The molecular weight excluding hydrogens is 496 g/mol. The lowest BCUT2D eigenvalue weighted by atomic mass is 9.74. The van der Waals surface area contributed by atoms with Crippen LogP contribution in [0.25, 0.3) is 5.65 Å². The predicted molar refractivity (Wildman–Crippen MR) is 133 cm³/mol. The Bertz CT molecular complexity index is 1610. The van der Waals surface area contributed by atoms with E-state index in [4.69, 9.17) is 4.74 Å². The Balaban J connectivity index is 1.34. The Morgan fingerprint density at radius 3 is 2.63 bits per heavy atom. The van der Waals surface area contributed by atoms with E-state index in [0.29, 0.717) is 43.8 Å². The minimum absolute atomic E-state index is 0.0654. The molecule has 2 aliphatic rings. The molecule has 9 nitrogen and oxygen atoms in total. The number of hydrogen-bond acceptors (Lipinski definition) is 6. The highest BCUT2D eigenvalue weighted by Gasteiger charge is 2.45. The van der Waals surface area contributed by atoms with E-state index >= 15 is 0 Å². The number of carbonyl (C=O) groups excluding carboxylic acids is 1. The van der Waals surface area contributed by atoms with Gasteiger partial charge in [-0.2, -0.15) is 9.61 Å². The standard InChI is InChI=1S/C27H23F2N5O4/c1-15-11-16(28)5-6-21(15)32-24-17(12-30-23-18(26(36)37)13-31-34(23)24)25(35)33-9-7-27(8-10-33)14-38-22-19(27)3-2-4-20(22)29/h2-6,11-13,32H,7-10,14H2,1H3,(H,36,37). The summed E-state index contributed by atoms with van der Waals surface area (Å²) in [5.41, 5.74) is 1.73. The summed E-state index contributed by atoms with van der Waals surface area (Å²) in [6.07, 6.45) is 3.69. The van der Waals surface area contributed by atoms with Crippen LogP contribution in [0.5, 0.6) is 5.75 Å². The van der Waals surface area contributed by atoms with E-state index in [1.165, 1.54) is 41.2 Å². The van der Waals surface area contributed by atoms with E-state index in [0.717, 1.165) is 5.56 Å². The number of halogens is 2. The van der Waals surface area contributed by atoms with Crippen molar-refractivity contribution in [3.63, 3.8) is 0 Å². The number of fused-ring (bicyclic) bond motifs is 3. The molecule has 1 amide bonds. The fourth-order valence-corrected chi connectivity index (χ4v) is 5.34. The van der Waals surface area contributed by atoms with Crippen LogP contribution in [-0.4, -0.2) is 56.2 Å². The number of rotatable bonds is 4. The Morgan fingerprint density at radius 1 is 1.11 bits per heavy atom. The molecule has 4 aromatic rings. The lowest BCUT2D eigenvalue weighted by molar-refractivity contribution is 0.0645. The molecule has 0 saturated carbocycles. The fraction of sp³-hybridized carbons (Fsp3) is 0.259. The second-order valence-electron chi connectivity index (χ2n) is 9.68. The number of hydrogen-bond donors (Lipinski definition) is 2. The highest BCUT2D eigenvalue weighted by Crippen LogP contribution is 2.46. The molecule has 2 aromatic heterocycles. The number of carbonyl (C=O) groups is 2. The zero-order valence-electron chi connectivity index (χ0n) is 20.4. The summed E-state index contributed by atoms with van der Waals surface area (Å²) in [5.74, 6) is -1.80. The third-order valence-electron chi connectivity index (χ3n) is 7.47. The molecule has 2 aliphatic heterocycles. The van der Waals surface area contributed by atoms with Gasteiger partial charge in [-0.25, -0.2) is 18.6 Å². The molecule has 2 N–H and O–H groups in total. The minimum atomic E-state index is -1.20. The highest BCUT2D eigenvalue weighted by atomic mass is 19.1. The summed E-state index contributed by atoms with van der Waals surface area (Å²) < 4.78 is 34.9. The number of aryl methyl sites for hydroxylation is 1. The number of likely N-dealkylation sites (tertiary alicyclic amines) is 1. The van der Waals surface area contributed by atoms with E-state index in [1.54, 1.807) is 17.9 Å². The monoisotopic (exact) mass is 519 g/mol. The lowest BCUT2D eigenvalue weighted by Crippen LogP contribution is -2.46. The van der Waals surface area contributed by atoms with Gasteiger partial charge in [-0.05, 0) is 49.6 Å². The zero-order chi connectivity index (χ0) is 26.6. The maximum atomic E-state index is 14.2. The normalized spacial score (nSPS) is 15.9. The van der Waals surface area contributed by atoms with E-state index in [2.05, 4.69) is 15.4 Å². The third kappa shape index (κ3) is 3.73. The molecule has 0 aliphatic carbocycles. The van der Waals surface area contributed by atoms with Crippen LogP contribution < -0.4 is 10.1 Å². The van der Waals surface area contributed by atoms with E-state index < -0.39 is 11.8 Å². The van der Waals surface area contributed by atoms with Gasteiger partial charge in [0.2, 0.25) is 0 Å². The van der Waals surface area contributed by atoms with Gasteiger partial charge in [0.05, 0.1) is 12.8 Å². The summed E-state index contributed by atoms with van der Waals surface area (Å²) in [7, 11) is 0. The third-order valence-corrected chi connectivity index (χ3v) is 7.47. The number of para-hydroxylation sites is 1. The quantitative estimate of drug-likeness (QED) is 0.413. The summed E-state index contributed by atoms with van der Waals surface area (Å²) >= 11 is 0. The van der Waals surface area contributed by atoms with Crippen molar-refractivity contribution in [1.29, 1.82) is 0 Å². The first-order chi connectivity index (χ1) is 18.3. The Morgan fingerprint density at radius 2 is 1.89 bits per heavy atom. The number of carboxylic acids is 1. The van der Waals surface area contributed by atoms with Crippen molar-refractivity contribution in [2.75, 3.05) is 25.0 Å². The molecular formula is C27H23F2N5O4. The number of carboxylic acid groups (broad SMARTS) is 1. The van der Waals surface area contributed by atoms with Crippen molar-refractivity contribution in [3.8, 4) is 5.75 Å². The van der Waals surface area contributed by atoms with Crippen molar-refractivity contribution in [3.05, 3.63) is 82.7 Å². The number of piperidine rings is 1. The first-order valence-electron chi connectivity index (χ1n) is 12.1. The molecule has 1 fully saturated rings. The van der Waals surface area contributed by atoms with Crippen molar-refractivity contribution in [2.45, 2.75) is 25.2 Å². The second kappa shape index (κ2) is 8.79. The minimum Gasteiger partial charge on any atom is -0.489 e. The summed E-state index contributed by atoms with van der Waals surface area (Å²) in [6, 6.07) is 9.10. The van der Waals surface area contributed by atoms with Gasteiger partial charge in [0.15, 0.2) is 17.2 Å². The number of amides is 1. The van der Waals surface area contributed by atoms with E-state index in [9.17, 15) is 23.5 Å². The first kappa shape index (κ1) is 23.8. The molecule has 6 rings (SSSR count). The number of aromatic carboxylic acids is 1. The maximum absolute atomic E-state index is 14.2. The smallest absolute Gasteiger partial charge is 0.341 e. The van der Waals surface area contributed by atoms with Crippen LogP contribution in [0.2, 0.25) is 0 Å². The van der Waals surface area contributed by atoms with Crippen molar-refractivity contribution in [1.82, 2.24) is 19.5 Å². The zero-order valence-corrected chi connectivity index (χ0v) is 20.4. The largest absolute Gasteiger partial charge is 0.489 e. The van der Waals surface area contributed by atoms with Gasteiger partial charge in [-0.1, -0.05) is 12.1 Å². The molecule has 38 heavy (non-hydrogen) atoms. The van der Waals surface area contributed by atoms with Crippen LogP contribution in [0.3, 0.4) is 0 Å². The van der Waals surface area contributed by atoms with Crippen LogP contribution in [0.15, 0.2) is 48.8 Å². The highest BCUT2D eigenvalue weighted by molar-refractivity contribution is 6.01. The maximum Gasteiger partial charge on any atom is 0.341 e. The Hall–Kier alpha value is -4.54. The summed E-state index contributed by atoms with van der Waals surface area (Å²) in [6.45, 7) is 2.89. The molecule has 194 valence electrons. The SMILES string of the molecule is Cc1cc(F)ccc1Nc1c(C(=O)N2CCC3(CC2)COc2c(F)cccc23)cnc2c(C(=O)O)cnn12. The van der Waals surface area contributed by atoms with Gasteiger partial charge in [0.25, 0.3) is 5.91 Å². The molecule has 0 unspecified atom stereocenters. The second-order valence-corrected chi connectivity index (χ2v) is 9.68. The average molecular weight is 520 g/mol. The first-order valence-corrected chi connectivity index (χ1v) is 12.1. The molecule has 4 heterocycles. The van der Waals surface area contributed by atoms with Crippen molar-refractivity contribution in [2.24, 2.45) is 0 Å². The van der Waals surface area contributed by atoms with Crippen molar-refractivity contribution >= 4 is 29.0 Å². The number of aromatic nitrogens is 3. The summed E-state index contributed by atoms with van der Waals surface area (Å²) in [4.78, 5) is 31.4. The lowest BCUT2D eigenvalue weighted by Gasteiger charge is -2.38. The molecule has 0 atom stereocenters. The van der Waals surface area contributed by atoms with Crippen LogP contribution in [0.1, 0.15) is 44.7 Å².